The van der Waals surface area contributed by atoms with E-state index in [0.717, 1.165) is 12.8 Å². The van der Waals surface area contributed by atoms with Gasteiger partial charge in [-0.2, -0.15) is 0 Å². The van der Waals surface area contributed by atoms with Crippen LogP contribution in [0.4, 0.5) is 0 Å². The van der Waals surface area contributed by atoms with Gasteiger partial charge in [-0.1, -0.05) is 20.3 Å². The van der Waals surface area contributed by atoms with E-state index >= 15 is 0 Å². The Balaban J connectivity index is 2.47. The molecule has 0 aliphatic carbocycles. The Morgan fingerprint density at radius 3 is 2.71 bits per heavy atom. The van der Waals surface area contributed by atoms with E-state index in [2.05, 4.69) is 0 Å². The van der Waals surface area contributed by atoms with E-state index in [1.54, 1.807) is 4.90 Å². The Morgan fingerprint density at radius 2 is 2.18 bits per heavy atom. The smallest absolute Gasteiger partial charge is 0.303 e. The first-order chi connectivity index (χ1) is 7.95. The van der Waals surface area contributed by atoms with Crippen molar-refractivity contribution in [3.8, 4) is 0 Å². The second kappa shape index (κ2) is 6.00. The Morgan fingerprint density at radius 1 is 1.53 bits per heavy atom. The molecule has 0 spiro atoms. The van der Waals surface area contributed by atoms with Crippen molar-refractivity contribution in [2.75, 3.05) is 13.1 Å². The van der Waals surface area contributed by atoms with Crippen molar-refractivity contribution in [1.82, 2.24) is 4.90 Å². The summed E-state index contributed by atoms with van der Waals surface area (Å²) in [5, 5.41) is 8.71. The van der Waals surface area contributed by atoms with Gasteiger partial charge < -0.3 is 15.7 Å². The van der Waals surface area contributed by atoms with Crippen LogP contribution < -0.4 is 5.73 Å². The number of carbonyl (C=O) groups is 2. The third kappa shape index (κ3) is 3.70. The molecular weight excluding hydrogens is 220 g/mol. The number of nitrogens with two attached hydrogens (primary N) is 1. The molecule has 0 aromatic rings. The number of amides is 1. The van der Waals surface area contributed by atoms with Gasteiger partial charge in [-0.05, 0) is 18.3 Å². The highest BCUT2D eigenvalue weighted by atomic mass is 16.4. The predicted octanol–water partition coefficient (Wildman–Crippen LogP) is 0.683. The normalized spacial score (nSPS) is 23.5. The molecule has 1 fully saturated rings. The second-order valence-corrected chi connectivity index (χ2v) is 4.95. The van der Waals surface area contributed by atoms with Crippen LogP contribution in [0.5, 0.6) is 0 Å². The quantitative estimate of drug-likeness (QED) is 0.742. The van der Waals surface area contributed by atoms with Gasteiger partial charge in [0.05, 0.1) is 6.04 Å². The summed E-state index contributed by atoms with van der Waals surface area (Å²) in [6.45, 7) is 5.15. The minimum absolute atomic E-state index is 0.0350. The molecule has 1 saturated heterocycles. The number of carboxylic acids is 1. The van der Waals surface area contributed by atoms with E-state index in [4.69, 9.17) is 10.8 Å². The monoisotopic (exact) mass is 242 g/mol. The number of hydrogen-bond acceptors (Lipinski definition) is 3. The highest BCUT2D eigenvalue weighted by molar-refractivity contribution is 5.82. The van der Waals surface area contributed by atoms with E-state index in [1.807, 2.05) is 13.8 Å². The van der Waals surface area contributed by atoms with E-state index in [9.17, 15) is 9.59 Å². The fourth-order valence-electron chi connectivity index (χ4n) is 2.15. The maximum absolute atomic E-state index is 12.0. The van der Waals surface area contributed by atoms with Gasteiger partial charge in [0.15, 0.2) is 0 Å². The highest BCUT2D eigenvalue weighted by Gasteiger charge is 2.31. The number of carbonyl (C=O) groups excluding carboxylic acids is 1. The van der Waals surface area contributed by atoms with Crippen LogP contribution in [-0.4, -0.2) is 41.0 Å². The van der Waals surface area contributed by atoms with Crippen LogP contribution in [-0.2, 0) is 9.59 Å². The zero-order chi connectivity index (χ0) is 13.0. The van der Waals surface area contributed by atoms with Crippen molar-refractivity contribution in [1.29, 1.82) is 0 Å². The number of rotatable bonds is 5. The SMILES string of the molecule is CC[C@H](C)[C@H](N)C(=O)N1CCC(CC(=O)O)C1. The molecule has 5 nitrogen and oxygen atoms in total. The van der Waals surface area contributed by atoms with Gasteiger partial charge in [-0.25, -0.2) is 0 Å². The minimum atomic E-state index is -0.796. The van der Waals surface area contributed by atoms with Crippen molar-refractivity contribution >= 4 is 11.9 Å². The summed E-state index contributed by atoms with van der Waals surface area (Å²) in [4.78, 5) is 24.3. The van der Waals surface area contributed by atoms with E-state index in [0.29, 0.717) is 13.1 Å². The molecule has 1 aliphatic rings. The summed E-state index contributed by atoms with van der Waals surface area (Å²) in [6, 6.07) is -0.455. The lowest BCUT2D eigenvalue weighted by atomic mass is 9.99. The molecule has 1 amide bonds. The lowest BCUT2D eigenvalue weighted by Crippen LogP contribution is -2.46. The Kier molecular flexibility index (Phi) is 4.93. The minimum Gasteiger partial charge on any atom is -0.481 e. The molecular formula is C12H22N2O3. The lowest BCUT2D eigenvalue weighted by Gasteiger charge is -2.24. The molecule has 98 valence electrons. The number of aliphatic carboxylic acids is 1. The van der Waals surface area contributed by atoms with Gasteiger partial charge in [0.1, 0.15) is 0 Å². The summed E-state index contributed by atoms with van der Waals surface area (Å²) in [5.74, 6) is -0.579. The summed E-state index contributed by atoms with van der Waals surface area (Å²) in [6.07, 6.45) is 1.78. The van der Waals surface area contributed by atoms with Crippen molar-refractivity contribution in [3.05, 3.63) is 0 Å². The standard InChI is InChI=1S/C12H22N2O3/c1-3-8(2)11(13)12(17)14-5-4-9(7-14)6-10(15)16/h8-9,11H,3-7,13H2,1-2H3,(H,15,16)/t8-,9?,11-/m0/s1. The first kappa shape index (κ1) is 14.0. The largest absolute Gasteiger partial charge is 0.481 e. The van der Waals surface area contributed by atoms with Crippen molar-refractivity contribution in [3.63, 3.8) is 0 Å². The summed E-state index contributed by atoms with van der Waals surface area (Å²) in [7, 11) is 0. The summed E-state index contributed by atoms with van der Waals surface area (Å²) in [5.41, 5.74) is 5.89. The van der Waals surface area contributed by atoms with E-state index in [-0.39, 0.29) is 24.2 Å². The summed E-state index contributed by atoms with van der Waals surface area (Å²) < 4.78 is 0. The van der Waals surface area contributed by atoms with Gasteiger partial charge in [0.25, 0.3) is 0 Å². The topological polar surface area (TPSA) is 83.6 Å². The van der Waals surface area contributed by atoms with Gasteiger partial charge in [0.2, 0.25) is 5.91 Å². The van der Waals surface area contributed by atoms with Crippen LogP contribution in [0.3, 0.4) is 0 Å². The Hall–Kier alpha value is -1.10. The van der Waals surface area contributed by atoms with Gasteiger partial charge in [0, 0.05) is 19.5 Å². The molecule has 1 aliphatic heterocycles. The average molecular weight is 242 g/mol. The zero-order valence-electron chi connectivity index (χ0n) is 10.6. The molecule has 1 unspecified atom stereocenters. The van der Waals surface area contributed by atoms with Crippen molar-refractivity contribution in [2.24, 2.45) is 17.6 Å². The molecule has 0 bridgehead atoms. The zero-order valence-corrected chi connectivity index (χ0v) is 10.6. The third-order valence-corrected chi connectivity index (χ3v) is 3.60. The average Bonchev–Trinajstić information content (AvgIpc) is 2.73. The molecule has 3 N–H and O–H groups in total. The summed E-state index contributed by atoms with van der Waals surface area (Å²) >= 11 is 0. The Bertz CT molecular complexity index is 293. The maximum Gasteiger partial charge on any atom is 0.303 e. The molecule has 0 radical (unpaired) electrons. The first-order valence-electron chi connectivity index (χ1n) is 6.21. The van der Waals surface area contributed by atoms with Crippen molar-refractivity contribution < 1.29 is 14.7 Å². The number of hydrogen-bond donors (Lipinski definition) is 2. The molecule has 17 heavy (non-hydrogen) atoms. The molecule has 0 saturated carbocycles. The molecule has 0 aromatic heterocycles. The van der Waals surface area contributed by atoms with Crippen LogP contribution in [0.15, 0.2) is 0 Å². The first-order valence-corrected chi connectivity index (χ1v) is 6.21. The lowest BCUT2D eigenvalue weighted by molar-refractivity contribution is -0.138. The fraction of sp³-hybridized carbons (Fsp3) is 0.833. The number of likely N-dealkylation sites (tertiary alicyclic amines) is 1. The molecule has 0 aromatic carbocycles. The van der Waals surface area contributed by atoms with E-state index < -0.39 is 12.0 Å². The highest BCUT2D eigenvalue weighted by Crippen LogP contribution is 2.21. The van der Waals surface area contributed by atoms with Gasteiger partial charge >= 0.3 is 5.97 Å². The fourth-order valence-corrected chi connectivity index (χ4v) is 2.15. The third-order valence-electron chi connectivity index (χ3n) is 3.60. The molecule has 5 heteroatoms. The second-order valence-electron chi connectivity index (χ2n) is 4.95. The van der Waals surface area contributed by atoms with Crippen LogP contribution in [0.1, 0.15) is 33.1 Å². The van der Waals surface area contributed by atoms with Crippen LogP contribution in [0.2, 0.25) is 0 Å². The van der Waals surface area contributed by atoms with Gasteiger partial charge in [-0.15, -0.1) is 0 Å². The van der Waals surface area contributed by atoms with E-state index in [1.165, 1.54) is 0 Å². The predicted molar refractivity (Wildman–Crippen MR) is 64.4 cm³/mol. The molecule has 1 heterocycles. The van der Waals surface area contributed by atoms with Crippen LogP contribution in [0.25, 0.3) is 0 Å². The van der Waals surface area contributed by atoms with Crippen LogP contribution in [0, 0.1) is 11.8 Å². The van der Waals surface area contributed by atoms with Crippen LogP contribution >= 0.6 is 0 Å². The number of carboxylic acid groups (broad SMARTS) is 1. The van der Waals surface area contributed by atoms with Gasteiger partial charge in [-0.3, -0.25) is 9.59 Å². The number of nitrogens with zero attached hydrogens (tertiary/aromatic N) is 1. The van der Waals surface area contributed by atoms with Crippen molar-refractivity contribution in [2.45, 2.75) is 39.2 Å². The molecule has 1 rings (SSSR count). The Labute approximate surface area is 102 Å². The maximum atomic E-state index is 12.0. The molecule has 3 atom stereocenters.